The van der Waals surface area contributed by atoms with Crippen molar-refractivity contribution >= 4 is 12.4 Å². The predicted octanol–water partition coefficient (Wildman–Crippen LogP) is 1.20. The second kappa shape index (κ2) is 9.16. The van der Waals surface area contributed by atoms with Crippen LogP contribution in [-0.2, 0) is 4.74 Å². The van der Waals surface area contributed by atoms with Gasteiger partial charge in [-0.2, -0.15) is 0 Å². The van der Waals surface area contributed by atoms with Gasteiger partial charge in [0.05, 0.1) is 13.4 Å². The van der Waals surface area contributed by atoms with Crippen molar-refractivity contribution in [2.45, 2.75) is 0 Å². The fourth-order valence-electron chi connectivity index (χ4n) is 0. The quantitative estimate of drug-likeness (QED) is 0.444. The fraction of sp³-hybridized carbons (Fsp3) is 0.333. The Morgan fingerprint density at radius 3 is 2.00 bits per heavy atom. The highest BCUT2D eigenvalue weighted by Crippen LogP contribution is 1.52. The average Bonchev–Trinajstić information content (AvgIpc) is 1.37. The molecule has 2 heteroatoms. The molecule has 0 radical (unpaired) electrons. The predicted molar refractivity (Wildman–Crippen MR) is 24.5 cm³/mol. The smallest absolute Gasteiger partial charge is 0.0766 e. The van der Waals surface area contributed by atoms with E-state index in [4.69, 9.17) is 0 Å². The third-order valence-electron chi connectivity index (χ3n) is 0.167. The molecule has 0 aliphatic carbocycles. The molecule has 0 fully saturated rings. The maximum atomic E-state index is 4.31. The monoisotopic (exact) mass is 94.0 g/mol. The Bertz CT molecular complexity index is 20.9. The van der Waals surface area contributed by atoms with Gasteiger partial charge in [-0.05, 0) is 0 Å². The van der Waals surface area contributed by atoms with Gasteiger partial charge in [0.25, 0.3) is 0 Å². The minimum atomic E-state index is 0. The van der Waals surface area contributed by atoms with Gasteiger partial charge in [-0.15, -0.1) is 12.4 Å². The van der Waals surface area contributed by atoms with Crippen molar-refractivity contribution in [2.75, 3.05) is 7.11 Å². The summed E-state index contributed by atoms with van der Waals surface area (Å²) in [7, 11) is 1.56. The lowest BCUT2D eigenvalue weighted by molar-refractivity contribution is 0.339. The summed E-state index contributed by atoms with van der Waals surface area (Å²) in [5, 5.41) is 0. The van der Waals surface area contributed by atoms with E-state index in [9.17, 15) is 0 Å². The molecule has 0 aliphatic rings. The molecule has 0 unspecified atom stereocenters. The van der Waals surface area contributed by atoms with Crippen LogP contribution in [0.15, 0.2) is 12.8 Å². The lowest BCUT2D eigenvalue weighted by Gasteiger charge is -1.73. The maximum Gasteiger partial charge on any atom is 0.0766 e. The molecule has 0 atom stereocenters. The first-order valence-electron chi connectivity index (χ1n) is 1.05. The number of methoxy groups -OCH3 is 1. The van der Waals surface area contributed by atoms with Gasteiger partial charge < -0.3 is 4.74 Å². The molecule has 32 valence electrons. The zero-order valence-electron chi connectivity index (χ0n) is 3.10. The van der Waals surface area contributed by atoms with Crippen LogP contribution < -0.4 is 0 Å². The third kappa shape index (κ3) is 18.6. The molecule has 0 N–H and O–H groups in total. The van der Waals surface area contributed by atoms with E-state index in [1.165, 1.54) is 6.26 Å². The van der Waals surface area contributed by atoms with Crippen LogP contribution in [0.2, 0.25) is 0 Å². The SMILES string of the molecule is C=COC.Cl. The standard InChI is InChI=1S/C3H6O.ClH/c1-3-4-2;/h3H,1H2,2H3;1H. The molecule has 5 heavy (non-hydrogen) atoms. The highest BCUT2D eigenvalue weighted by molar-refractivity contribution is 5.85. The molecular weight excluding hydrogens is 87.5 g/mol. The van der Waals surface area contributed by atoms with E-state index in [2.05, 4.69) is 11.3 Å². The molecule has 0 spiro atoms. The molecule has 0 amide bonds. The molecule has 0 rings (SSSR count). The van der Waals surface area contributed by atoms with E-state index < -0.39 is 0 Å². The van der Waals surface area contributed by atoms with Gasteiger partial charge in [-0.25, -0.2) is 0 Å². The fourth-order valence-corrected chi connectivity index (χ4v) is 0. The van der Waals surface area contributed by atoms with Crippen molar-refractivity contribution in [3.63, 3.8) is 0 Å². The van der Waals surface area contributed by atoms with E-state index in [0.717, 1.165) is 0 Å². The van der Waals surface area contributed by atoms with Crippen LogP contribution in [0.4, 0.5) is 0 Å². The Hall–Kier alpha value is -0.170. The lowest BCUT2D eigenvalue weighted by atomic mass is 11.2. The van der Waals surface area contributed by atoms with Gasteiger partial charge in [-0.1, -0.05) is 6.58 Å². The molecule has 1 nitrogen and oxygen atoms in total. The molecule has 0 bridgehead atoms. The summed E-state index contributed by atoms with van der Waals surface area (Å²) in [5.74, 6) is 0. The summed E-state index contributed by atoms with van der Waals surface area (Å²) in [5.41, 5.74) is 0. The first-order valence-corrected chi connectivity index (χ1v) is 1.05. The minimum Gasteiger partial charge on any atom is -0.505 e. The highest BCUT2D eigenvalue weighted by atomic mass is 35.5. The number of hydrogen-bond acceptors (Lipinski definition) is 1. The molecule has 0 saturated heterocycles. The highest BCUT2D eigenvalue weighted by Gasteiger charge is 1.36. The van der Waals surface area contributed by atoms with Crippen LogP contribution in [0, 0.1) is 0 Å². The topological polar surface area (TPSA) is 9.23 Å². The summed E-state index contributed by atoms with van der Waals surface area (Å²) in [6.07, 6.45) is 1.38. The van der Waals surface area contributed by atoms with Gasteiger partial charge in [0, 0.05) is 0 Å². The minimum absolute atomic E-state index is 0. The van der Waals surface area contributed by atoms with E-state index in [1.54, 1.807) is 7.11 Å². The maximum absolute atomic E-state index is 4.31. The molecule has 0 aromatic heterocycles. The first kappa shape index (κ1) is 8.85. The Morgan fingerprint density at radius 1 is 1.80 bits per heavy atom. The molecular formula is C3H7ClO. The second-order valence-corrected chi connectivity index (χ2v) is 0.402. The van der Waals surface area contributed by atoms with E-state index >= 15 is 0 Å². The number of halogens is 1. The van der Waals surface area contributed by atoms with Crippen LogP contribution in [0.3, 0.4) is 0 Å². The largest absolute Gasteiger partial charge is 0.505 e. The Labute approximate surface area is 38.0 Å². The van der Waals surface area contributed by atoms with Gasteiger partial charge in [0.1, 0.15) is 0 Å². The van der Waals surface area contributed by atoms with Gasteiger partial charge in [0.15, 0.2) is 0 Å². The summed E-state index contributed by atoms with van der Waals surface area (Å²) in [6, 6.07) is 0. The van der Waals surface area contributed by atoms with Crippen LogP contribution in [0.1, 0.15) is 0 Å². The number of ether oxygens (including phenoxy) is 1. The summed E-state index contributed by atoms with van der Waals surface area (Å²) < 4.78 is 4.31. The van der Waals surface area contributed by atoms with E-state index in [-0.39, 0.29) is 12.4 Å². The van der Waals surface area contributed by atoms with Crippen molar-refractivity contribution in [3.8, 4) is 0 Å². The van der Waals surface area contributed by atoms with Crippen molar-refractivity contribution in [3.05, 3.63) is 12.8 Å². The first-order chi connectivity index (χ1) is 1.91. The van der Waals surface area contributed by atoms with Crippen molar-refractivity contribution in [2.24, 2.45) is 0 Å². The molecule has 0 aliphatic heterocycles. The van der Waals surface area contributed by atoms with Crippen molar-refractivity contribution in [1.29, 1.82) is 0 Å². The number of rotatable bonds is 1. The third-order valence-corrected chi connectivity index (χ3v) is 0.167. The van der Waals surface area contributed by atoms with Gasteiger partial charge in [-0.3, -0.25) is 0 Å². The van der Waals surface area contributed by atoms with Crippen molar-refractivity contribution < 1.29 is 4.74 Å². The van der Waals surface area contributed by atoms with E-state index in [1.807, 2.05) is 0 Å². The zero-order valence-corrected chi connectivity index (χ0v) is 3.92. The van der Waals surface area contributed by atoms with Crippen LogP contribution >= 0.6 is 12.4 Å². The second-order valence-electron chi connectivity index (χ2n) is 0.402. The molecule has 0 aromatic carbocycles. The summed E-state index contributed by atoms with van der Waals surface area (Å²) in [4.78, 5) is 0. The Kier molecular flexibility index (Phi) is 16.2. The lowest BCUT2D eigenvalue weighted by Crippen LogP contribution is -1.54. The van der Waals surface area contributed by atoms with Gasteiger partial charge in [0.2, 0.25) is 0 Å². The number of hydrogen-bond donors (Lipinski definition) is 0. The van der Waals surface area contributed by atoms with Crippen LogP contribution in [-0.4, -0.2) is 7.11 Å². The Morgan fingerprint density at radius 2 is 2.00 bits per heavy atom. The molecule has 0 heterocycles. The zero-order chi connectivity index (χ0) is 3.41. The average molecular weight is 94.5 g/mol. The van der Waals surface area contributed by atoms with Gasteiger partial charge >= 0.3 is 0 Å². The molecule has 0 saturated carbocycles. The van der Waals surface area contributed by atoms with Crippen LogP contribution in [0.5, 0.6) is 0 Å². The normalized spacial score (nSPS) is 4.20. The van der Waals surface area contributed by atoms with Crippen molar-refractivity contribution in [1.82, 2.24) is 0 Å². The molecule has 0 aromatic rings. The summed E-state index contributed by atoms with van der Waals surface area (Å²) in [6.45, 7) is 3.26. The summed E-state index contributed by atoms with van der Waals surface area (Å²) >= 11 is 0. The van der Waals surface area contributed by atoms with Crippen LogP contribution in [0.25, 0.3) is 0 Å². The Balaban J connectivity index is 0. The van der Waals surface area contributed by atoms with E-state index in [0.29, 0.717) is 0 Å².